The number of carbonyl (C=O) groups is 1. The van der Waals surface area contributed by atoms with E-state index in [9.17, 15) is 13.2 Å². The maximum atomic E-state index is 12.1. The Morgan fingerprint density at radius 2 is 2.15 bits per heavy atom. The molecule has 0 aromatic heterocycles. The third kappa shape index (κ3) is 3.90. The Hall–Kier alpha value is -0.720. The highest BCUT2D eigenvalue weighted by atomic mass is 35.5. The van der Waals surface area contributed by atoms with Gasteiger partial charge in [0.15, 0.2) is 9.84 Å². The van der Waals surface area contributed by atoms with Crippen LogP contribution in [0.1, 0.15) is 6.42 Å². The van der Waals surface area contributed by atoms with Crippen LogP contribution in [0.3, 0.4) is 0 Å². The van der Waals surface area contributed by atoms with E-state index in [2.05, 4.69) is 0 Å². The summed E-state index contributed by atoms with van der Waals surface area (Å²) in [4.78, 5) is 14.5. The van der Waals surface area contributed by atoms with Crippen molar-refractivity contribution in [3.05, 3.63) is 29.3 Å². The molecule has 1 saturated heterocycles. The topological polar surface area (TPSA) is 54.5 Å². The molecule has 7 heteroatoms. The maximum Gasteiger partial charge on any atom is 0.232 e. The van der Waals surface area contributed by atoms with Crippen molar-refractivity contribution >= 4 is 39.1 Å². The summed E-state index contributed by atoms with van der Waals surface area (Å²) in [5.74, 6) is 0.437. The zero-order chi connectivity index (χ0) is 14.8. The van der Waals surface area contributed by atoms with E-state index in [-0.39, 0.29) is 29.2 Å². The number of sulfone groups is 1. The Labute approximate surface area is 128 Å². The lowest BCUT2D eigenvalue weighted by atomic mass is 10.2. The highest BCUT2D eigenvalue weighted by Crippen LogP contribution is 2.27. The van der Waals surface area contributed by atoms with Crippen molar-refractivity contribution in [1.82, 2.24) is 4.90 Å². The smallest absolute Gasteiger partial charge is 0.232 e. The Kier molecular flexibility index (Phi) is 4.99. The van der Waals surface area contributed by atoms with Crippen LogP contribution in [0.4, 0.5) is 0 Å². The van der Waals surface area contributed by atoms with Crippen LogP contribution in [0, 0.1) is 0 Å². The highest BCUT2D eigenvalue weighted by molar-refractivity contribution is 8.00. The largest absolute Gasteiger partial charge is 0.341 e. The van der Waals surface area contributed by atoms with Gasteiger partial charge in [-0.05, 0) is 18.6 Å². The first kappa shape index (κ1) is 15.7. The molecule has 1 heterocycles. The van der Waals surface area contributed by atoms with E-state index in [1.54, 1.807) is 18.0 Å². The van der Waals surface area contributed by atoms with Crippen LogP contribution in [-0.4, -0.2) is 49.6 Å². The predicted octanol–water partition coefficient (Wildman–Crippen LogP) is 2.08. The lowest BCUT2D eigenvalue weighted by Gasteiger charge is -2.23. The molecule has 1 aliphatic rings. The number of nitrogens with zero attached hydrogens (tertiary/aromatic N) is 1. The quantitative estimate of drug-likeness (QED) is 0.792. The van der Waals surface area contributed by atoms with Gasteiger partial charge in [-0.1, -0.05) is 23.7 Å². The van der Waals surface area contributed by atoms with Gasteiger partial charge in [0.1, 0.15) is 0 Å². The summed E-state index contributed by atoms with van der Waals surface area (Å²) < 4.78 is 22.9. The number of rotatable bonds is 4. The van der Waals surface area contributed by atoms with Crippen molar-refractivity contribution in [3.63, 3.8) is 0 Å². The maximum absolute atomic E-state index is 12.1. The van der Waals surface area contributed by atoms with E-state index in [1.165, 1.54) is 11.8 Å². The SMILES string of the molecule is CN(C(=O)CSc1ccccc1Cl)[C@@H]1CCS(=O)(=O)C1. The molecule has 1 fully saturated rings. The number of carbonyl (C=O) groups excluding carboxylic acids is 1. The summed E-state index contributed by atoms with van der Waals surface area (Å²) in [5, 5.41) is 0.622. The number of halogens is 1. The van der Waals surface area contributed by atoms with Crippen LogP contribution < -0.4 is 0 Å². The lowest BCUT2D eigenvalue weighted by Crippen LogP contribution is -2.38. The number of hydrogen-bond donors (Lipinski definition) is 0. The van der Waals surface area contributed by atoms with Gasteiger partial charge in [-0.25, -0.2) is 8.42 Å². The molecule has 0 spiro atoms. The molecule has 1 atom stereocenters. The van der Waals surface area contributed by atoms with Gasteiger partial charge in [-0.2, -0.15) is 0 Å². The van der Waals surface area contributed by atoms with Crippen LogP contribution in [0.15, 0.2) is 29.2 Å². The Morgan fingerprint density at radius 3 is 2.75 bits per heavy atom. The second-order valence-electron chi connectivity index (χ2n) is 4.78. The lowest BCUT2D eigenvalue weighted by molar-refractivity contribution is -0.128. The Morgan fingerprint density at radius 1 is 1.45 bits per heavy atom. The molecule has 110 valence electrons. The fourth-order valence-corrected chi connectivity index (χ4v) is 5.02. The first-order chi connectivity index (χ1) is 9.39. The van der Waals surface area contributed by atoms with Crippen LogP contribution >= 0.6 is 23.4 Å². The minimum atomic E-state index is -2.97. The highest BCUT2D eigenvalue weighted by Gasteiger charge is 2.32. The summed E-state index contributed by atoms with van der Waals surface area (Å²) >= 11 is 7.40. The standard InChI is InChI=1S/C13H16ClNO3S2/c1-15(10-6-7-20(17,18)9-10)13(16)8-19-12-5-3-2-4-11(12)14/h2-5,10H,6-9H2,1H3/t10-/m1/s1. The molecule has 0 saturated carbocycles. The summed E-state index contributed by atoms with van der Waals surface area (Å²) in [6.07, 6.45) is 0.529. The number of benzene rings is 1. The minimum absolute atomic E-state index is 0.0722. The van der Waals surface area contributed by atoms with E-state index >= 15 is 0 Å². The average Bonchev–Trinajstić information content (AvgIpc) is 2.77. The first-order valence-corrected chi connectivity index (χ1v) is 9.41. The molecule has 2 rings (SSSR count). The second-order valence-corrected chi connectivity index (χ2v) is 8.43. The van der Waals surface area contributed by atoms with Crippen LogP contribution in [0.25, 0.3) is 0 Å². The molecule has 4 nitrogen and oxygen atoms in total. The molecule has 20 heavy (non-hydrogen) atoms. The molecule has 1 amide bonds. The van der Waals surface area contributed by atoms with Gasteiger partial charge in [0.25, 0.3) is 0 Å². The number of hydrogen-bond acceptors (Lipinski definition) is 4. The van der Waals surface area contributed by atoms with E-state index in [1.807, 2.05) is 18.2 Å². The van der Waals surface area contributed by atoms with Gasteiger partial charge >= 0.3 is 0 Å². The van der Waals surface area contributed by atoms with Crippen molar-refractivity contribution in [3.8, 4) is 0 Å². The molecule has 1 aromatic rings. The van der Waals surface area contributed by atoms with Gasteiger partial charge in [-0.15, -0.1) is 11.8 Å². The molecule has 0 N–H and O–H groups in total. The Bertz CT molecular complexity index is 603. The third-order valence-electron chi connectivity index (χ3n) is 3.34. The van der Waals surface area contributed by atoms with E-state index in [0.717, 1.165) is 4.90 Å². The van der Waals surface area contributed by atoms with E-state index in [4.69, 9.17) is 11.6 Å². The number of amides is 1. The first-order valence-electron chi connectivity index (χ1n) is 6.22. The zero-order valence-electron chi connectivity index (χ0n) is 11.1. The van der Waals surface area contributed by atoms with Crippen molar-refractivity contribution in [1.29, 1.82) is 0 Å². The zero-order valence-corrected chi connectivity index (χ0v) is 13.5. The Balaban J connectivity index is 1.91. The molecule has 0 radical (unpaired) electrons. The molecular weight excluding hydrogens is 318 g/mol. The molecular formula is C13H16ClNO3S2. The third-order valence-corrected chi connectivity index (χ3v) is 6.59. The normalized spacial score (nSPS) is 20.8. The van der Waals surface area contributed by atoms with E-state index < -0.39 is 9.84 Å². The van der Waals surface area contributed by atoms with Gasteiger partial charge in [0.05, 0.1) is 22.3 Å². The van der Waals surface area contributed by atoms with Crippen molar-refractivity contribution in [2.45, 2.75) is 17.4 Å². The van der Waals surface area contributed by atoms with Crippen LogP contribution in [0.2, 0.25) is 5.02 Å². The van der Waals surface area contributed by atoms with Gasteiger partial charge in [0.2, 0.25) is 5.91 Å². The van der Waals surface area contributed by atoms with Gasteiger partial charge < -0.3 is 4.90 Å². The average molecular weight is 334 g/mol. The summed E-state index contributed by atoms with van der Waals surface area (Å²) in [6, 6.07) is 7.15. The van der Waals surface area contributed by atoms with Crippen LogP contribution in [-0.2, 0) is 14.6 Å². The molecule has 0 aliphatic carbocycles. The summed E-state index contributed by atoms with van der Waals surface area (Å²) in [6.45, 7) is 0. The van der Waals surface area contributed by atoms with Crippen LogP contribution in [0.5, 0.6) is 0 Å². The fraction of sp³-hybridized carbons (Fsp3) is 0.462. The molecule has 1 aromatic carbocycles. The number of thioether (sulfide) groups is 1. The predicted molar refractivity (Wildman–Crippen MR) is 82.0 cm³/mol. The minimum Gasteiger partial charge on any atom is -0.341 e. The van der Waals surface area contributed by atoms with Gasteiger partial charge in [-0.3, -0.25) is 4.79 Å². The monoisotopic (exact) mass is 333 g/mol. The van der Waals surface area contributed by atoms with Gasteiger partial charge in [0, 0.05) is 18.0 Å². The summed E-state index contributed by atoms with van der Waals surface area (Å²) in [7, 11) is -1.30. The second kappa shape index (κ2) is 6.37. The fourth-order valence-electron chi connectivity index (χ4n) is 2.09. The van der Waals surface area contributed by atoms with Crippen molar-refractivity contribution < 1.29 is 13.2 Å². The molecule has 0 unspecified atom stereocenters. The van der Waals surface area contributed by atoms with E-state index in [0.29, 0.717) is 11.4 Å². The van der Waals surface area contributed by atoms with Crippen molar-refractivity contribution in [2.75, 3.05) is 24.3 Å². The summed E-state index contributed by atoms with van der Waals surface area (Å²) in [5.41, 5.74) is 0. The molecule has 1 aliphatic heterocycles. The molecule has 0 bridgehead atoms. The van der Waals surface area contributed by atoms with Crippen molar-refractivity contribution in [2.24, 2.45) is 0 Å².